The molecule has 0 atom stereocenters. The molecule has 44 heavy (non-hydrogen) atoms. The number of H-pyrrole nitrogens is 2. The molecule has 4 aromatic heterocycles. The van der Waals surface area contributed by atoms with E-state index in [1.807, 2.05) is 13.0 Å². The van der Waals surface area contributed by atoms with Crippen LogP contribution in [0.1, 0.15) is 37.4 Å². The first-order valence-electron chi connectivity index (χ1n) is 13.1. The van der Waals surface area contributed by atoms with Gasteiger partial charge in [-0.15, -0.1) is 0 Å². The van der Waals surface area contributed by atoms with Crippen LogP contribution in [0.25, 0.3) is 22.1 Å². The number of hydrogen-bond acceptors (Lipinski definition) is 5. The number of pyridine rings is 2. The summed E-state index contributed by atoms with van der Waals surface area (Å²) in [6.45, 7) is 2.26. The third kappa shape index (κ3) is 6.69. The standard InChI is InChI=1S/C23H18ClF3N4O.C8H5ClN2O/c1-13-5-6-14(22(32)31-17-4-2-3-16(10-17)23(25,26)27)9-19(13)29-11-15-12-30-21-18(20(15)24)7-8-28-21;9-7-5(4-12)3-11-8-6(7)1-2-10-8/h2-10,12,29H,11H2,1H3,(H,28,30)(H,31,32);1-4H,(H,10,11). The molecule has 0 aliphatic rings. The van der Waals surface area contributed by atoms with Crippen LogP contribution < -0.4 is 10.6 Å². The summed E-state index contributed by atoms with van der Waals surface area (Å²) in [4.78, 5) is 37.3. The van der Waals surface area contributed by atoms with E-state index >= 15 is 0 Å². The number of nitrogens with zero attached hydrogens (tertiary/aromatic N) is 2. The van der Waals surface area contributed by atoms with Gasteiger partial charge in [0.05, 0.1) is 21.2 Å². The molecule has 224 valence electrons. The van der Waals surface area contributed by atoms with Gasteiger partial charge in [-0.3, -0.25) is 9.59 Å². The van der Waals surface area contributed by atoms with Crippen LogP contribution in [0.4, 0.5) is 24.5 Å². The van der Waals surface area contributed by atoms with Crippen molar-refractivity contribution in [3.63, 3.8) is 0 Å². The van der Waals surface area contributed by atoms with Gasteiger partial charge < -0.3 is 20.6 Å². The molecule has 0 aliphatic heterocycles. The van der Waals surface area contributed by atoms with Gasteiger partial charge in [0.1, 0.15) is 11.3 Å². The highest BCUT2D eigenvalue weighted by molar-refractivity contribution is 6.37. The number of carbonyl (C=O) groups is 2. The van der Waals surface area contributed by atoms with E-state index in [-0.39, 0.29) is 5.69 Å². The molecular weight excluding hydrogens is 616 g/mol. The van der Waals surface area contributed by atoms with Crippen LogP contribution in [0.2, 0.25) is 10.0 Å². The number of halogens is 5. The van der Waals surface area contributed by atoms with Crippen LogP contribution in [0.3, 0.4) is 0 Å². The van der Waals surface area contributed by atoms with Gasteiger partial charge in [0.15, 0.2) is 6.29 Å². The highest BCUT2D eigenvalue weighted by atomic mass is 35.5. The summed E-state index contributed by atoms with van der Waals surface area (Å²) >= 11 is 12.4. The van der Waals surface area contributed by atoms with Gasteiger partial charge in [-0.2, -0.15) is 13.2 Å². The Bertz CT molecular complexity index is 1990. The molecule has 0 saturated heterocycles. The lowest BCUT2D eigenvalue weighted by Crippen LogP contribution is -2.14. The number of aldehydes is 1. The number of amides is 1. The van der Waals surface area contributed by atoms with Gasteiger partial charge in [-0.1, -0.05) is 35.3 Å². The fraction of sp³-hybridized carbons (Fsp3) is 0.0968. The molecule has 4 N–H and O–H groups in total. The molecule has 8 nitrogen and oxygen atoms in total. The first-order chi connectivity index (χ1) is 21.0. The van der Waals surface area contributed by atoms with Gasteiger partial charge in [-0.25, -0.2) is 9.97 Å². The van der Waals surface area contributed by atoms with Crippen molar-refractivity contribution in [1.29, 1.82) is 0 Å². The Morgan fingerprint density at radius 2 is 1.61 bits per heavy atom. The van der Waals surface area contributed by atoms with Gasteiger partial charge >= 0.3 is 6.18 Å². The van der Waals surface area contributed by atoms with E-state index in [0.29, 0.717) is 51.0 Å². The summed E-state index contributed by atoms with van der Waals surface area (Å²) in [6, 6.07) is 13.2. The summed E-state index contributed by atoms with van der Waals surface area (Å²) in [5, 5.41) is 8.40. The molecule has 13 heteroatoms. The van der Waals surface area contributed by atoms with Crippen molar-refractivity contribution in [2.24, 2.45) is 0 Å². The van der Waals surface area contributed by atoms with Crippen molar-refractivity contribution in [1.82, 2.24) is 19.9 Å². The molecule has 0 aliphatic carbocycles. The number of hydrogen-bond donors (Lipinski definition) is 4. The number of fused-ring (bicyclic) bond motifs is 2. The van der Waals surface area contributed by atoms with Crippen LogP contribution in [0.5, 0.6) is 0 Å². The fourth-order valence-electron chi connectivity index (χ4n) is 4.33. The third-order valence-electron chi connectivity index (χ3n) is 6.68. The third-order valence-corrected chi connectivity index (χ3v) is 7.55. The molecule has 1 amide bonds. The lowest BCUT2D eigenvalue weighted by Gasteiger charge is -2.13. The van der Waals surface area contributed by atoms with E-state index in [9.17, 15) is 22.8 Å². The smallest absolute Gasteiger partial charge is 0.381 e. The minimum atomic E-state index is -4.48. The van der Waals surface area contributed by atoms with Crippen LogP contribution in [0, 0.1) is 6.92 Å². The first-order valence-corrected chi connectivity index (χ1v) is 13.8. The predicted octanol–water partition coefficient (Wildman–Crippen LogP) is 8.44. The quantitative estimate of drug-likeness (QED) is 0.137. The number of carbonyl (C=O) groups excluding carboxylic acids is 2. The Hall–Kier alpha value is -4.87. The minimum absolute atomic E-state index is 0.0672. The average Bonchev–Trinajstić information content (AvgIpc) is 3.69. The van der Waals surface area contributed by atoms with Crippen molar-refractivity contribution in [3.8, 4) is 0 Å². The Labute approximate surface area is 258 Å². The van der Waals surface area contributed by atoms with E-state index in [4.69, 9.17) is 23.2 Å². The Kier molecular flexibility index (Phi) is 8.88. The lowest BCUT2D eigenvalue weighted by molar-refractivity contribution is -0.137. The highest BCUT2D eigenvalue weighted by Crippen LogP contribution is 2.31. The van der Waals surface area contributed by atoms with E-state index in [0.717, 1.165) is 34.0 Å². The van der Waals surface area contributed by atoms with Gasteiger partial charge in [0.25, 0.3) is 5.91 Å². The second-order valence-corrected chi connectivity index (χ2v) is 10.4. The number of nitrogens with one attached hydrogen (secondary N) is 4. The second-order valence-electron chi connectivity index (χ2n) is 9.64. The molecule has 2 aromatic carbocycles. The zero-order valence-electron chi connectivity index (χ0n) is 22.9. The van der Waals surface area contributed by atoms with Crippen LogP contribution >= 0.6 is 23.2 Å². The monoisotopic (exact) mass is 638 g/mol. The van der Waals surface area contributed by atoms with Crippen LogP contribution in [0.15, 0.2) is 79.4 Å². The zero-order chi connectivity index (χ0) is 31.4. The summed E-state index contributed by atoms with van der Waals surface area (Å²) in [7, 11) is 0. The van der Waals surface area contributed by atoms with Gasteiger partial charge in [-0.05, 0) is 55.0 Å². The summed E-state index contributed by atoms with van der Waals surface area (Å²) < 4.78 is 38.7. The summed E-state index contributed by atoms with van der Waals surface area (Å²) in [5.74, 6) is -0.513. The van der Waals surface area contributed by atoms with Crippen LogP contribution in [-0.2, 0) is 12.7 Å². The molecule has 4 heterocycles. The largest absolute Gasteiger partial charge is 0.416 e. The lowest BCUT2D eigenvalue weighted by atomic mass is 10.1. The van der Waals surface area contributed by atoms with Crippen molar-refractivity contribution in [2.45, 2.75) is 19.6 Å². The molecule has 6 rings (SSSR count). The SMILES string of the molecule is Cc1ccc(C(=O)Nc2cccc(C(F)(F)F)c2)cc1NCc1cnc2[nH]ccc2c1Cl.O=Cc1cnc2[nH]ccc2c1Cl. The molecule has 0 fully saturated rings. The first kappa shape index (κ1) is 30.6. The number of aromatic amines is 2. The van der Waals surface area contributed by atoms with E-state index in [1.165, 1.54) is 18.3 Å². The number of benzene rings is 2. The highest BCUT2D eigenvalue weighted by Gasteiger charge is 2.30. The average molecular weight is 639 g/mol. The molecule has 0 saturated carbocycles. The van der Waals surface area contributed by atoms with Crippen molar-refractivity contribution < 1.29 is 22.8 Å². The second kappa shape index (κ2) is 12.8. The van der Waals surface area contributed by atoms with Crippen molar-refractivity contribution in [3.05, 3.63) is 117 Å². The topological polar surface area (TPSA) is 116 Å². The maximum atomic E-state index is 12.9. The zero-order valence-corrected chi connectivity index (χ0v) is 24.4. The number of aryl methyl sites for hydroxylation is 1. The molecule has 0 unspecified atom stereocenters. The fourth-order valence-corrected chi connectivity index (χ4v) is 4.85. The number of rotatable bonds is 6. The Balaban J connectivity index is 0.000000266. The van der Waals surface area contributed by atoms with E-state index in [1.54, 1.807) is 42.9 Å². The molecule has 0 bridgehead atoms. The molecule has 6 aromatic rings. The van der Waals surface area contributed by atoms with Crippen molar-refractivity contribution in [2.75, 3.05) is 10.6 Å². The van der Waals surface area contributed by atoms with Gasteiger partial charge in [0.2, 0.25) is 0 Å². The number of aromatic nitrogens is 4. The Morgan fingerprint density at radius 3 is 2.30 bits per heavy atom. The maximum absolute atomic E-state index is 12.9. The number of anilines is 2. The predicted molar refractivity (Wildman–Crippen MR) is 165 cm³/mol. The minimum Gasteiger partial charge on any atom is -0.381 e. The summed E-state index contributed by atoms with van der Waals surface area (Å²) in [5.41, 5.74) is 3.75. The molecule has 0 spiro atoms. The van der Waals surface area contributed by atoms with Crippen LogP contribution in [-0.4, -0.2) is 32.1 Å². The maximum Gasteiger partial charge on any atom is 0.416 e. The molecular formula is C31H23Cl2F3N6O2. The van der Waals surface area contributed by atoms with E-state index < -0.39 is 17.6 Å². The van der Waals surface area contributed by atoms with E-state index in [2.05, 4.69) is 30.6 Å². The Morgan fingerprint density at radius 1 is 0.932 bits per heavy atom. The normalized spacial score (nSPS) is 11.2. The molecule has 0 radical (unpaired) electrons. The summed E-state index contributed by atoms with van der Waals surface area (Å²) in [6.07, 6.45) is 2.83. The van der Waals surface area contributed by atoms with Gasteiger partial charge in [0, 0.05) is 64.6 Å². The van der Waals surface area contributed by atoms with Crippen molar-refractivity contribution >= 4 is 68.8 Å². The number of alkyl halides is 3.